The summed E-state index contributed by atoms with van der Waals surface area (Å²) in [5.41, 5.74) is 25.6. The van der Waals surface area contributed by atoms with Crippen LogP contribution in [0.3, 0.4) is 0 Å². The average Bonchev–Trinajstić information content (AvgIpc) is 1.50. The van der Waals surface area contributed by atoms with E-state index in [0.29, 0.717) is 0 Å². The number of fused-ring (bicyclic) bond motifs is 13. The fourth-order valence-electron chi connectivity index (χ4n) is 17.0. The standard InChI is InChI=1S/C43H28N2.C42H25N3.C19H18N.C5H8O2.Ir/c1-2-13-31(14-3-1)43-44-39-20-10-11-21-40(39)45(43)34-26-24-30(25-27-34)41-35-16-6-8-18-37(35)42(38-19-9-7-17-36(38)41)33-23-22-29-12-4-5-15-32(29)28-33;1-2-11-26(12-3-1)40-33-16-6-8-19-37(33)43-42(44-40)27-21-23-28(24-22-27)45-38-20-9-7-15-31(38)36-25-35-30-14-5-4-13-29(30)32-17-10-18-34(39(32)35)41(36)45;1-19(2,3)16-10-8-15(9-11-16)18-17-7-5-4-6-14(17)12-13-20-18;1-4(6)3-5(2)7;/h1-28H;1-25H;4-8,10-13H,1-3H3;3,6H,1-2H3;/q;;-1;;. The number of hydrogen-bond acceptors (Lipinski definition) is 6. The van der Waals surface area contributed by atoms with Crippen LogP contribution >= 0.6 is 0 Å². The van der Waals surface area contributed by atoms with Gasteiger partial charge in [-0.2, -0.15) is 0 Å². The molecule has 0 aliphatic heterocycles. The number of nitrogens with zero attached hydrogens (tertiary/aromatic N) is 6. The first kappa shape index (κ1) is 75.0. The Labute approximate surface area is 698 Å². The molecule has 21 aromatic rings. The number of ketones is 1. The van der Waals surface area contributed by atoms with Gasteiger partial charge >= 0.3 is 0 Å². The van der Waals surface area contributed by atoms with E-state index < -0.39 is 0 Å². The molecule has 1 N–H and O–H groups in total. The summed E-state index contributed by atoms with van der Waals surface area (Å²) in [4.78, 5) is 29.7. The molecule has 0 saturated carbocycles. The number of imidazole rings is 1. The summed E-state index contributed by atoms with van der Waals surface area (Å²) in [6.45, 7) is 9.49. The van der Waals surface area contributed by atoms with Crippen molar-refractivity contribution in [2.24, 2.45) is 0 Å². The summed E-state index contributed by atoms with van der Waals surface area (Å²) in [6.07, 6.45) is 3.03. The minimum atomic E-state index is -0.125. The van der Waals surface area contributed by atoms with Crippen molar-refractivity contribution in [3.05, 3.63) is 400 Å². The molecule has 9 heteroatoms. The van der Waals surface area contributed by atoms with E-state index in [1.165, 1.54) is 146 Å². The van der Waals surface area contributed by atoms with Gasteiger partial charge in [0.05, 0.1) is 39.0 Å². The topological polar surface area (TPSA) is 98.7 Å². The van der Waals surface area contributed by atoms with Gasteiger partial charge in [0.1, 0.15) is 5.82 Å². The van der Waals surface area contributed by atoms with E-state index in [-0.39, 0.29) is 37.1 Å². The smallest absolute Gasteiger partial charge is 0.160 e. The van der Waals surface area contributed by atoms with Gasteiger partial charge in [-0.1, -0.05) is 294 Å². The Hall–Kier alpha value is -14.3. The number of aliphatic hydroxyl groups is 1. The number of benzene rings is 17. The van der Waals surface area contributed by atoms with Crippen molar-refractivity contribution in [3.63, 3.8) is 0 Å². The molecule has 0 spiro atoms. The molecule has 0 fully saturated rings. The number of hydrogen-bond donors (Lipinski definition) is 1. The van der Waals surface area contributed by atoms with Crippen LogP contribution in [0.2, 0.25) is 0 Å². The van der Waals surface area contributed by atoms with E-state index in [9.17, 15) is 4.79 Å². The van der Waals surface area contributed by atoms with Gasteiger partial charge in [-0.3, -0.25) is 9.36 Å². The van der Waals surface area contributed by atoms with Crippen LogP contribution in [0.4, 0.5) is 0 Å². The van der Waals surface area contributed by atoms with Crippen molar-refractivity contribution >= 4 is 103 Å². The van der Waals surface area contributed by atoms with Crippen LogP contribution in [0.5, 0.6) is 0 Å². The Morgan fingerprint density at radius 1 is 0.373 bits per heavy atom. The molecule has 22 rings (SSSR count). The predicted octanol–water partition coefficient (Wildman–Crippen LogP) is 28.4. The van der Waals surface area contributed by atoms with Gasteiger partial charge in [0.15, 0.2) is 11.6 Å². The second kappa shape index (κ2) is 31.8. The monoisotopic (exact) mass is 1700 g/mol. The maximum atomic E-state index is 10.0. The Bertz CT molecular complexity index is 7380. The van der Waals surface area contributed by atoms with Crippen molar-refractivity contribution in [2.75, 3.05) is 0 Å². The molecular formula is C109H79IrN6O2-. The summed E-state index contributed by atoms with van der Waals surface area (Å²) >= 11 is 0. The maximum Gasteiger partial charge on any atom is 0.160 e. The maximum absolute atomic E-state index is 10.0. The largest absolute Gasteiger partial charge is 0.512 e. The van der Waals surface area contributed by atoms with Crippen molar-refractivity contribution in [2.45, 2.75) is 40.0 Å². The number of carbonyl (C=O) groups is 1. The van der Waals surface area contributed by atoms with E-state index in [0.717, 1.165) is 78.6 Å². The first-order valence-corrected chi connectivity index (χ1v) is 39.7. The molecule has 118 heavy (non-hydrogen) atoms. The molecule has 1 aliphatic rings. The zero-order valence-corrected chi connectivity index (χ0v) is 68.1. The van der Waals surface area contributed by atoms with Crippen molar-refractivity contribution in [1.82, 2.24) is 29.1 Å². The minimum absolute atomic E-state index is 0. The van der Waals surface area contributed by atoms with Crippen LogP contribution in [0, 0.1) is 6.07 Å². The van der Waals surface area contributed by atoms with Gasteiger partial charge in [-0.25, -0.2) is 15.0 Å². The van der Waals surface area contributed by atoms with E-state index in [4.69, 9.17) is 20.1 Å². The van der Waals surface area contributed by atoms with Crippen molar-refractivity contribution in [3.8, 4) is 101 Å². The van der Waals surface area contributed by atoms with Crippen LogP contribution < -0.4 is 0 Å². The Balaban J connectivity index is 0.000000124. The van der Waals surface area contributed by atoms with Gasteiger partial charge in [0.25, 0.3) is 0 Å². The predicted molar refractivity (Wildman–Crippen MR) is 488 cm³/mol. The third kappa shape index (κ3) is 14.1. The van der Waals surface area contributed by atoms with Gasteiger partial charge < -0.3 is 14.7 Å². The fourth-order valence-corrected chi connectivity index (χ4v) is 17.0. The van der Waals surface area contributed by atoms with Crippen LogP contribution in [0.15, 0.2) is 388 Å². The third-order valence-corrected chi connectivity index (χ3v) is 22.3. The second-order valence-electron chi connectivity index (χ2n) is 30.9. The molecule has 0 amide bonds. The summed E-state index contributed by atoms with van der Waals surface area (Å²) in [5, 5.41) is 24.5. The van der Waals surface area contributed by atoms with Crippen LogP contribution in [-0.2, 0) is 30.3 Å². The van der Waals surface area contributed by atoms with Gasteiger partial charge in [-0.15, -0.1) is 35.4 Å². The van der Waals surface area contributed by atoms with Crippen molar-refractivity contribution < 1.29 is 30.0 Å². The van der Waals surface area contributed by atoms with Crippen LogP contribution in [-0.4, -0.2) is 40.0 Å². The van der Waals surface area contributed by atoms with Crippen molar-refractivity contribution in [1.29, 1.82) is 0 Å². The SMILES string of the molecule is CC(=O)C=C(C)O.CC(C)(C)c1c[c-]c(-c2nccc3ccccc23)cc1.[Ir].c1ccc(-c2nc(-c3ccc(-n4c5ccccc5c5cc6c7c(cccc7c54)-c4ccccc4-6)cc3)nc3ccccc23)cc1.c1ccc(-c2nc3ccccc3n2-c2ccc(-c3c4ccccc4c(-c4ccc5ccccc5c4)c4ccccc34)cc2)cc1. The molecular weight excluding hydrogens is 1620 g/mol. The molecule has 17 aromatic carbocycles. The number of carbonyl (C=O) groups excluding carboxylic acids is 1. The summed E-state index contributed by atoms with van der Waals surface area (Å²) in [7, 11) is 0. The Morgan fingerprint density at radius 3 is 1.53 bits per heavy atom. The molecule has 8 nitrogen and oxygen atoms in total. The molecule has 1 radical (unpaired) electrons. The van der Waals surface area contributed by atoms with Gasteiger partial charge in [0.2, 0.25) is 0 Å². The van der Waals surface area contributed by atoms with E-state index >= 15 is 0 Å². The molecule has 0 atom stereocenters. The summed E-state index contributed by atoms with van der Waals surface area (Å²) < 4.78 is 4.70. The van der Waals surface area contributed by atoms with Crippen LogP contribution in [0.25, 0.3) is 199 Å². The Kier molecular flexibility index (Phi) is 20.2. The van der Waals surface area contributed by atoms with Gasteiger partial charge in [0, 0.05) is 82.0 Å². The number of aromatic nitrogens is 6. The normalized spacial score (nSPS) is 11.7. The van der Waals surface area contributed by atoms with Crippen LogP contribution in [0.1, 0.15) is 40.2 Å². The number of pyridine rings is 1. The van der Waals surface area contributed by atoms with E-state index in [1.807, 2.05) is 36.5 Å². The number of aliphatic hydroxyl groups excluding tert-OH is 1. The minimum Gasteiger partial charge on any atom is -0.512 e. The quantitative estimate of drug-likeness (QED) is 0.0669. The average molecular weight is 1700 g/mol. The molecule has 0 saturated heterocycles. The number of para-hydroxylation sites is 4. The zero-order chi connectivity index (χ0) is 79.3. The fraction of sp³-hybridized carbons (Fsp3) is 0.0550. The molecule has 4 aromatic heterocycles. The molecule has 0 unspecified atom stereocenters. The first-order chi connectivity index (χ1) is 57.3. The van der Waals surface area contributed by atoms with E-state index in [2.05, 4.69) is 381 Å². The second-order valence-corrected chi connectivity index (χ2v) is 30.9. The van der Waals surface area contributed by atoms with Gasteiger partial charge in [-0.05, 0) is 197 Å². The zero-order valence-electron chi connectivity index (χ0n) is 65.7. The number of allylic oxidation sites excluding steroid dienone is 2. The first-order valence-electron chi connectivity index (χ1n) is 39.7. The Morgan fingerprint density at radius 2 is 0.890 bits per heavy atom. The summed E-state index contributed by atoms with van der Waals surface area (Å²) in [6, 6.07) is 135. The molecule has 567 valence electrons. The number of rotatable bonds is 9. The third-order valence-electron chi connectivity index (χ3n) is 22.3. The molecule has 1 aliphatic carbocycles. The van der Waals surface area contributed by atoms with E-state index in [1.54, 1.807) is 0 Å². The molecule has 0 bridgehead atoms. The summed E-state index contributed by atoms with van der Waals surface area (Å²) in [5.74, 6) is 1.61. The molecule has 4 heterocycles.